The molecule has 3 rings (SSSR count). The Bertz CT molecular complexity index is 745. The Balaban J connectivity index is 2.28. The molecule has 0 saturated heterocycles. The standard InChI is InChI=1S/C15H16N2O3/c1-9-3-4-10-8-13(14(18)16-20-2)17(11-5-6-11)15(19)12(10)7-9/h3-4,7-8,11H,5-6H2,1-2H3,(H,16,18). The van der Waals surface area contributed by atoms with E-state index in [0.29, 0.717) is 11.1 Å². The fourth-order valence-electron chi connectivity index (χ4n) is 2.45. The van der Waals surface area contributed by atoms with Crippen LogP contribution in [-0.4, -0.2) is 17.6 Å². The normalized spacial score (nSPS) is 14.5. The summed E-state index contributed by atoms with van der Waals surface area (Å²) in [5.74, 6) is -0.390. The topological polar surface area (TPSA) is 60.3 Å². The molecule has 1 saturated carbocycles. The van der Waals surface area contributed by atoms with Crippen LogP contribution >= 0.6 is 0 Å². The lowest BCUT2D eigenvalue weighted by atomic mass is 10.1. The Morgan fingerprint density at radius 3 is 2.75 bits per heavy atom. The summed E-state index contributed by atoms with van der Waals surface area (Å²) in [5, 5.41) is 1.43. The number of nitrogens with zero attached hydrogens (tertiary/aromatic N) is 1. The van der Waals surface area contributed by atoms with Gasteiger partial charge in [-0.15, -0.1) is 0 Å². The zero-order valence-corrected chi connectivity index (χ0v) is 11.5. The fourth-order valence-corrected chi connectivity index (χ4v) is 2.45. The van der Waals surface area contributed by atoms with Crippen LogP contribution in [-0.2, 0) is 4.84 Å². The summed E-state index contributed by atoms with van der Waals surface area (Å²) in [7, 11) is 1.38. The van der Waals surface area contributed by atoms with E-state index in [-0.39, 0.29) is 17.5 Å². The summed E-state index contributed by atoms with van der Waals surface area (Å²) in [5.41, 5.74) is 3.58. The highest BCUT2D eigenvalue weighted by atomic mass is 16.6. The number of aryl methyl sites for hydroxylation is 1. The number of hydrogen-bond donors (Lipinski definition) is 1. The monoisotopic (exact) mass is 272 g/mol. The molecule has 0 bridgehead atoms. The zero-order chi connectivity index (χ0) is 14.3. The summed E-state index contributed by atoms with van der Waals surface area (Å²) in [6.07, 6.45) is 1.87. The van der Waals surface area contributed by atoms with Crippen molar-refractivity contribution in [2.24, 2.45) is 0 Å². The van der Waals surface area contributed by atoms with Gasteiger partial charge in [-0.2, -0.15) is 0 Å². The first-order valence-corrected chi connectivity index (χ1v) is 6.61. The highest BCUT2D eigenvalue weighted by molar-refractivity contribution is 5.96. The minimum Gasteiger partial charge on any atom is -0.300 e. The molecule has 20 heavy (non-hydrogen) atoms. The first-order chi connectivity index (χ1) is 9.61. The number of pyridine rings is 1. The van der Waals surface area contributed by atoms with Gasteiger partial charge in [0.15, 0.2) is 0 Å². The largest absolute Gasteiger partial charge is 0.300 e. The third kappa shape index (κ3) is 2.10. The van der Waals surface area contributed by atoms with Crippen molar-refractivity contribution in [3.8, 4) is 0 Å². The summed E-state index contributed by atoms with van der Waals surface area (Å²) in [6, 6.07) is 7.55. The lowest BCUT2D eigenvalue weighted by molar-refractivity contribution is 0.0526. The molecule has 0 aliphatic heterocycles. The Hall–Kier alpha value is -2.14. The number of hydroxylamine groups is 1. The number of hydrogen-bond acceptors (Lipinski definition) is 3. The molecule has 5 nitrogen and oxygen atoms in total. The summed E-state index contributed by atoms with van der Waals surface area (Å²) in [4.78, 5) is 29.4. The second-order valence-electron chi connectivity index (χ2n) is 5.16. The van der Waals surface area contributed by atoms with E-state index in [1.165, 1.54) is 7.11 Å². The molecular formula is C15H16N2O3. The van der Waals surface area contributed by atoms with Crippen LogP contribution in [0, 0.1) is 6.92 Å². The van der Waals surface area contributed by atoms with Crippen molar-refractivity contribution < 1.29 is 9.63 Å². The molecule has 104 valence electrons. The molecule has 1 fully saturated rings. The van der Waals surface area contributed by atoms with Crippen molar-refractivity contribution in [3.05, 3.63) is 45.9 Å². The van der Waals surface area contributed by atoms with Crippen molar-refractivity contribution in [2.45, 2.75) is 25.8 Å². The first kappa shape index (κ1) is 12.9. The van der Waals surface area contributed by atoms with Crippen LogP contribution in [0.2, 0.25) is 0 Å². The highest BCUT2D eigenvalue weighted by Crippen LogP contribution is 2.35. The molecule has 5 heteroatoms. The summed E-state index contributed by atoms with van der Waals surface area (Å²) >= 11 is 0. The maximum atomic E-state index is 12.6. The van der Waals surface area contributed by atoms with Crippen LogP contribution in [0.3, 0.4) is 0 Å². The fraction of sp³-hybridized carbons (Fsp3) is 0.333. The van der Waals surface area contributed by atoms with Crippen LogP contribution in [0.15, 0.2) is 29.1 Å². The third-order valence-corrected chi connectivity index (χ3v) is 3.55. The predicted molar refractivity (Wildman–Crippen MR) is 75.7 cm³/mol. The molecule has 0 spiro atoms. The van der Waals surface area contributed by atoms with Gasteiger partial charge in [-0.3, -0.25) is 14.4 Å². The average molecular weight is 272 g/mol. The van der Waals surface area contributed by atoms with Crippen molar-refractivity contribution in [1.29, 1.82) is 0 Å². The molecule has 1 N–H and O–H groups in total. The Kier molecular flexibility index (Phi) is 3.06. The summed E-state index contributed by atoms with van der Waals surface area (Å²) < 4.78 is 1.59. The van der Waals surface area contributed by atoms with Gasteiger partial charge in [0, 0.05) is 11.4 Å². The van der Waals surface area contributed by atoms with Gasteiger partial charge in [0.05, 0.1) is 7.11 Å². The number of amides is 1. The molecule has 2 aromatic rings. The number of benzene rings is 1. The minimum atomic E-state index is -0.390. The number of rotatable bonds is 3. The maximum absolute atomic E-state index is 12.6. The van der Waals surface area contributed by atoms with Gasteiger partial charge < -0.3 is 4.57 Å². The van der Waals surface area contributed by atoms with E-state index in [0.717, 1.165) is 23.8 Å². The van der Waals surface area contributed by atoms with E-state index in [2.05, 4.69) is 10.3 Å². The SMILES string of the molecule is CONC(=O)c1cc2ccc(C)cc2c(=O)n1C1CC1. The third-order valence-electron chi connectivity index (χ3n) is 3.55. The molecule has 1 aliphatic rings. The lowest BCUT2D eigenvalue weighted by Gasteiger charge is -2.13. The van der Waals surface area contributed by atoms with Crippen molar-refractivity contribution in [1.82, 2.24) is 10.0 Å². The van der Waals surface area contributed by atoms with Crippen molar-refractivity contribution in [2.75, 3.05) is 7.11 Å². The molecule has 1 aromatic carbocycles. The molecule has 0 unspecified atom stereocenters. The Morgan fingerprint density at radius 2 is 2.10 bits per heavy atom. The van der Waals surface area contributed by atoms with E-state index in [9.17, 15) is 9.59 Å². The highest BCUT2D eigenvalue weighted by Gasteiger charge is 2.29. The molecule has 1 aliphatic carbocycles. The van der Waals surface area contributed by atoms with Crippen LogP contribution < -0.4 is 11.0 Å². The smallest absolute Gasteiger partial charge is 0.291 e. The molecule has 0 atom stereocenters. The van der Waals surface area contributed by atoms with E-state index in [1.54, 1.807) is 10.6 Å². The van der Waals surface area contributed by atoms with Crippen molar-refractivity contribution >= 4 is 16.7 Å². The molecule has 1 heterocycles. The molecule has 0 radical (unpaired) electrons. The first-order valence-electron chi connectivity index (χ1n) is 6.61. The number of nitrogens with one attached hydrogen (secondary N) is 1. The number of aromatic nitrogens is 1. The van der Waals surface area contributed by atoms with E-state index < -0.39 is 0 Å². The average Bonchev–Trinajstić information content (AvgIpc) is 3.24. The Labute approximate surface area is 116 Å². The van der Waals surface area contributed by atoms with Gasteiger partial charge in [0.25, 0.3) is 11.5 Å². The van der Waals surface area contributed by atoms with Crippen LogP contribution in [0.4, 0.5) is 0 Å². The number of carbonyl (C=O) groups excluding carboxylic acids is 1. The lowest BCUT2D eigenvalue weighted by Crippen LogP contribution is -2.31. The molecule has 1 aromatic heterocycles. The van der Waals surface area contributed by atoms with Crippen LogP contribution in [0.1, 0.15) is 34.9 Å². The minimum absolute atomic E-state index is 0.102. The van der Waals surface area contributed by atoms with Crippen molar-refractivity contribution in [3.63, 3.8) is 0 Å². The zero-order valence-electron chi connectivity index (χ0n) is 11.5. The molecular weight excluding hydrogens is 256 g/mol. The predicted octanol–water partition coefficient (Wildman–Crippen LogP) is 1.94. The van der Waals surface area contributed by atoms with Gasteiger partial charge in [0.1, 0.15) is 5.69 Å². The second-order valence-corrected chi connectivity index (χ2v) is 5.16. The maximum Gasteiger partial charge on any atom is 0.291 e. The van der Waals surface area contributed by atoms with Crippen LogP contribution in [0.25, 0.3) is 10.8 Å². The van der Waals surface area contributed by atoms with Crippen LogP contribution in [0.5, 0.6) is 0 Å². The van der Waals surface area contributed by atoms with Gasteiger partial charge in [-0.05, 0) is 37.3 Å². The quantitative estimate of drug-likeness (QED) is 0.869. The number of carbonyl (C=O) groups is 1. The summed E-state index contributed by atoms with van der Waals surface area (Å²) in [6.45, 7) is 1.95. The van der Waals surface area contributed by atoms with Gasteiger partial charge in [-0.1, -0.05) is 17.7 Å². The van der Waals surface area contributed by atoms with Gasteiger partial charge >= 0.3 is 0 Å². The van der Waals surface area contributed by atoms with Gasteiger partial charge in [-0.25, -0.2) is 5.48 Å². The van der Waals surface area contributed by atoms with E-state index in [4.69, 9.17) is 0 Å². The second kappa shape index (κ2) is 4.76. The van der Waals surface area contributed by atoms with Gasteiger partial charge in [0.2, 0.25) is 0 Å². The number of fused-ring (bicyclic) bond motifs is 1. The van der Waals surface area contributed by atoms with E-state index >= 15 is 0 Å². The van der Waals surface area contributed by atoms with E-state index in [1.807, 2.05) is 25.1 Å². The molecule has 1 amide bonds. The Morgan fingerprint density at radius 1 is 1.35 bits per heavy atom.